The number of carboxylic acid groups (broad SMARTS) is 1. The Kier molecular flexibility index (Phi) is 4.92. The summed E-state index contributed by atoms with van der Waals surface area (Å²) in [4.78, 5) is 34.4. The molecule has 1 aliphatic carbocycles. The molecule has 0 radical (unpaired) electrons. The first-order valence-corrected chi connectivity index (χ1v) is 7.01. The zero-order chi connectivity index (χ0) is 15.2. The maximum atomic E-state index is 11.8. The third-order valence-corrected chi connectivity index (χ3v) is 3.51. The molecule has 21 heavy (non-hydrogen) atoms. The van der Waals surface area contributed by atoms with E-state index in [4.69, 9.17) is 5.11 Å². The Morgan fingerprint density at radius 3 is 2.43 bits per heavy atom. The average molecular weight is 290 g/mol. The van der Waals surface area contributed by atoms with E-state index in [9.17, 15) is 14.4 Å². The van der Waals surface area contributed by atoms with Gasteiger partial charge in [0.25, 0.3) is 0 Å². The van der Waals surface area contributed by atoms with Crippen LogP contribution in [-0.4, -0.2) is 28.9 Å². The summed E-state index contributed by atoms with van der Waals surface area (Å²) < 4.78 is 0. The van der Waals surface area contributed by atoms with Crippen LogP contribution in [0, 0.1) is 0 Å². The minimum Gasteiger partial charge on any atom is -0.478 e. The second-order valence-electron chi connectivity index (χ2n) is 5.15. The van der Waals surface area contributed by atoms with Gasteiger partial charge in [-0.2, -0.15) is 0 Å². The third kappa shape index (κ3) is 4.30. The van der Waals surface area contributed by atoms with Gasteiger partial charge in [0.1, 0.15) is 0 Å². The van der Waals surface area contributed by atoms with E-state index in [1.54, 1.807) is 0 Å². The highest BCUT2D eigenvalue weighted by molar-refractivity contribution is 6.39. The molecule has 0 bridgehead atoms. The smallest absolute Gasteiger partial charge is 0.335 e. The number of aromatic carboxylic acids is 1. The zero-order valence-electron chi connectivity index (χ0n) is 11.6. The predicted octanol–water partition coefficient (Wildman–Crippen LogP) is 1.77. The first kappa shape index (κ1) is 15.0. The summed E-state index contributed by atoms with van der Waals surface area (Å²) in [5.74, 6) is -2.54. The molecule has 1 saturated carbocycles. The molecule has 1 aliphatic rings. The van der Waals surface area contributed by atoms with E-state index in [0.29, 0.717) is 5.69 Å². The van der Waals surface area contributed by atoms with Gasteiger partial charge in [-0.3, -0.25) is 9.59 Å². The van der Waals surface area contributed by atoms with Gasteiger partial charge in [-0.15, -0.1) is 0 Å². The number of hydrogen-bond acceptors (Lipinski definition) is 3. The molecule has 0 aliphatic heterocycles. The van der Waals surface area contributed by atoms with Crippen LogP contribution in [0.4, 0.5) is 5.69 Å². The lowest BCUT2D eigenvalue weighted by atomic mass is 9.95. The first-order chi connectivity index (χ1) is 10.1. The van der Waals surface area contributed by atoms with E-state index in [1.807, 2.05) is 0 Å². The number of rotatable bonds is 3. The maximum Gasteiger partial charge on any atom is 0.335 e. The number of benzene rings is 1. The van der Waals surface area contributed by atoms with Crippen molar-refractivity contribution in [1.82, 2.24) is 5.32 Å². The van der Waals surface area contributed by atoms with E-state index in [-0.39, 0.29) is 11.6 Å². The summed E-state index contributed by atoms with van der Waals surface area (Å²) in [6, 6.07) is 5.84. The topological polar surface area (TPSA) is 95.5 Å². The van der Waals surface area contributed by atoms with Gasteiger partial charge in [0.2, 0.25) is 0 Å². The highest BCUT2D eigenvalue weighted by Gasteiger charge is 2.20. The summed E-state index contributed by atoms with van der Waals surface area (Å²) >= 11 is 0. The number of carbonyl (C=O) groups is 3. The van der Waals surface area contributed by atoms with Crippen LogP contribution in [0.1, 0.15) is 42.5 Å². The van der Waals surface area contributed by atoms with Crippen LogP contribution < -0.4 is 10.6 Å². The molecule has 6 nitrogen and oxygen atoms in total. The molecular weight excluding hydrogens is 272 g/mol. The van der Waals surface area contributed by atoms with Gasteiger partial charge in [-0.05, 0) is 31.0 Å². The van der Waals surface area contributed by atoms with Crippen molar-refractivity contribution in [3.05, 3.63) is 29.8 Å². The zero-order valence-corrected chi connectivity index (χ0v) is 11.6. The fraction of sp³-hybridized carbons (Fsp3) is 0.400. The molecule has 2 rings (SSSR count). The van der Waals surface area contributed by atoms with Crippen molar-refractivity contribution in [3.63, 3.8) is 0 Å². The molecule has 6 heteroatoms. The number of carbonyl (C=O) groups excluding carboxylic acids is 2. The van der Waals surface area contributed by atoms with Gasteiger partial charge in [-0.25, -0.2) is 4.79 Å². The van der Waals surface area contributed by atoms with Gasteiger partial charge < -0.3 is 15.7 Å². The molecular formula is C15H18N2O4. The standard InChI is InChI=1S/C15H18N2O4/c18-13(16-11-6-2-1-3-7-11)14(19)17-12-8-4-5-10(9-12)15(20)21/h4-5,8-9,11H,1-3,6-7H2,(H,16,18)(H,17,19)(H,20,21). The van der Waals surface area contributed by atoms with Crippen LogP contribution in [-0.2, 0) is 9.59 Å². The molecule has 2 amide bonds. The van der Waals surface area contributed by atoms with Crippen LogP contribution >= 0.6 is 0 Å². The van der Waals surface area contributed by atoms with Crippen LogP contribution in [0.25, 0.3) is 0 Å². The van der Waals surface area contributed by atoms with Gasteiger partial charge in [-0.1, -0.05) is 25.3 Å². The predicted molar refractivity (Wildman–Crippen MR) is 77.0 cm³/mol. The molecule has 0 saturated heterocycles. The number of carboxylic acids is 1. The van der Waals surface area contributed by atoms with Crippen molar-refractivity contribution in [1.29, 1.82) is 0 Å². The minimum absolute atomic E-state index is 0.0560. The Labute approximate surface area is 122 Å². The lowest BCUT2D eigenvalue weighted by Crippen LogP contribution is -2.42. The lowest BCUT2D eigenvalue weighted by molar-refractivity contribution is -0.136. The van der Waals surface area contributed by atoms with Crippen LogP contribution in [0.15, 0.2) is 24.3 Å². The highest BCUT2D eigenvalue weighted by Crippen LogP contribution is 2.17. The fourth-order valence-corrected chi connectivity index (χ4v) is 2.42. The molecule has 0 aromatic heterocycles. The molecule has 0 atom stereocenters. The summed E-state index contributed by atoms with van der Waals surface area (Å²) in [5, 5.41) is 14.0. The molecule has 112 valence electrons. The van der Waals surface area contributed by atoms with E-state index < -0.39 is 17.8 Å². The van der Waals surface area contributed by atoms with Crippen LogP contribution in [0.5, 0.6) is 0 Å². The number of anilines is 1. The average Bonchev–Trinajstić information content (AvgIpc) is 2.48. The van der Waals surface area contributed by atoms with E-state index in [0.717, 1.165) is 25.7 Å². The molecule has 1 aromatic rings. The SMILES string of the molecule is O=C(Nc1cccc(C(=O)O)c1)C(=O)NC1CCCCC1. The Hall–Kier alpha value is -2.37. The lowest BCUT2D eigenvalue weighted by Gasteiger charge is -2.22. The van der Waals surface area contributed by atoms with E-state index >= 15 is 0 Å². The quantitative estimate of drug-likeness (QED) is 0.739. The fourth-order valence-electron chi connectivity index (χ4n) is 2.42. The van der Waals surface area contributed by atoms with Crippen molar-refractivity contribution >= 4 is 23.5 Å². The summed E-state index contributed by atoms with van der Waals surface area (Å²) in [6.07, 6.45) is 5.09. The normalized spacial score (nSPS) is 15.2. The van der Waals surface area contributed by atoms with Gasteiger partial charge in [0.05, 0.1) is 5.56 Å². The minimum atomic E-state index is -1.09. The summed E-state index contributed by atoms with van der Waals surface area (Å²) in [7, 11) is 0. The maximum absolute atomic E-state index is 11.8. The van der Waals surface area contributed by atoms with Crippen molar-refractivity contribution in [2.75, 3.05) is 5.32 Å². The van der Waals surface area contributed by atoms with Gasteiger partial charge >= 0.3 is 17.8 Å². The van der Waals surface area contributed by atoms with Crippen molar-refractivity contribution in [3.8, 4) is 0 Å². The van der Waals surface area contributed by atoms with Gasteiger partial charge in [0.15, 0.2) is 0 Å². The molecule has 0 unspecified atom stereocenters. The number of amides is 2. The third-order valence-electron chi connectivity index (χ3n) is 3.51. The summed E-state index contributed by atoms with van der Waals surface area (Å²) in [5.41, 5.74) is 0.346. The molecule has 0 heterocycles. The molecule has 0 spiro atoms. The van der Waals surface area contributed by atoms with Gasteiger partial charge in [0, 0.05) is 11.7 Å². The molecule has 1 aromatic carbocycles. The Balaban J connectivity index is 1.92. The number of hydrogen-bond donors (Lipinski definition) is 3. The van der Waals surface area contributed by atoms with E-state index in [2.05, 4.69) is 10.6 Å². The van der Waals surface area contributed by atoms with Crippen molar-refractivity contribution in [2.45, 2.75) is 38.1 Å². The first-order valence-electron chi connectivity index (χ1n) is 7.01. The largest absolute Gasteiger partial charge is 0.478 e. The van der Waals surface area contributed by atoms with Crippen LogP contribution in [0.2, 0.25) is 0 Å². The Bertz CT molecular complexity index is 550. The number of nitrogens with one attached hydrogen (secondary N) is 2. The monoisotopic (exact) mass is 290 g/mol. The highest BCUT2D eigenvalue weighted by atomic mass is 16.4. The van der Waals surface area contributed by atoms with Crippen LogP contribution in [0.3, 0.4) is 0 Å². The molecule has 1 fully saturated rings. The summed E-state index contributed by atoms with van der Waals surface area (Å²) in [6.45, 7) is 0. The van der Waals surface area contributed by atoms with Crippen molar-refractivity contribution in [2.24, 2.45) is 0 Å². The second-order valence-corrected chi connectivity index (χ2v) is 5.15. The molecule has 3 N–H and O–H groups in total. The van der Waals surface area contributed by atoms with Crippen molar-refractivity contribution < 1.29 is 19.5 Å². The Morgan fingerprint density at radius 2 is 1.76 bits per heavy atom. The second kappa shape index (κ2) is 6.88. The van der Waals surface area contributed by atoms with E-state index in [1.165, 1.54) is 30.7 Å². The Morgan fingerprint density at radius 1 is 1.05 bits per heavy atom.